The molecule has 5 rings (SSSR count). The average molecular weight is 446 g/mol. The van der Waals surface area contributed by atoms with E-state index in [1.807, 2.05) is 27.0 Å². The molecule has 0 aliphatic carbocycles. The van der Waals surface area contributed by atoms with E-state index >= 15 is 0 Å². The number of nitrogens with zero attached hydrogens (tertiary/aromatic N) is 6. The number of pyridine rings is 1. The van der Waals surface area contributed by atoms with Gasteiger partial charge in [-0.3, -0.25) is 5.10 Å². The topological polar surface area (TPSA) is 95.2 Å². The molecule has 8 nitrogen and oxygen atoms in total. The first-order valence-electron chi connectivity index (χ1n) is 11.5. The van der Waals surface area contributed by atoms with Crippen LogP contribution in [0.5, 0.6) is 0 Å². The molecule has 4 heterocycles. The minimum absolute atomic E-state index is 0.117. The number of aliphatic hydroxyl groups is 1. The first-order chi connectivity index (χ1) is 15.7. The van der Waals surface area contributed by atoms with Gasteiger partial charge in [-0.05, 0) is 44.4 Å². The Morgan fingerprint density at radius 1 is 1.18 bits per heavy atom. The van der Waals surface area contributed by atoms with Crippen LogP contribution in [-0.4, -0.2) is 48.0 Å². The SMILES string of the molecule is Cc1nc(C(C)C(C)(O)c2nc3c(C)cc(N4CC[C@](C)(c5ccccc5)C4)cn3n2)n[nH]1. The Morgan fingerprint density at radius 3 is 2.64 bits per heavy atom. The lowest BCUT2D eigenvalue weighted by atomic mass is 9.82. The summed E-state index contributed by atoms with van der Waals surface area (Å²) in [5.74, 6) is 1.26. The number of nitrogens with one attached hydrogen (secondary N) is 1. The van der Waals surface area contributed by atoms with Gasteiger partial charge in [-0.2, -0.15) is 5.10 Å². The van der Waals surface area contributed by atoms with E-state index in [0.29, 0.717) is 17.5 Å². The van der Waals surface area contributed by atoms with Crippen molar-refractivity contribution in [2.45, 2.75) is 58.0 Å². The van der Waals surface area contributed by atoms with E-state index in [9.17, 15) is 5.11 Å². The highest BCUT2D eigenvalue weighted by Crippen LogP contribution is 2.37. The molecular formula is C25H31N7O. The first kappa shape index (κ1) is 21.6. The van der Waals surface area contributed by atoms with Crippen LogP contribution >= 0.6 is 0 Å². The number of anilines is 1. The van der Waals surface area contributed by atoms with Crippen LogP contribution in [0.3, 0.4) is 0 Å². The van der Waals surface area contributed by atoms with Crippen LogP contribution in [-0.2, 0) is 11.0 Å². The number of benzene rings is 1. The van der Waals surface area contributed by atoms with Gasteiger partial charge in [0.1, 0.15) is 11.4 Å². The van der Waals surface area contributed by atoms with Gasteiger partial charge in [0, 0.05) is 18.5 Å². The van der Waals surface area contributed by atoms with E-state index in [2.05, 4.69) is 68.5 Å². The highest BCUT2D eigenvalue weighted by Gasteiger charge is 2.39. The molecule has 0 saturated carbocycles. The van der Waals surface area contributed by atoms with Crippen LogP contribution < -0.4 is 4.90 Å². The summed E-state index contributed by atoms with van der Waals surface area (Å²) in [7, 11) is 0. The Bertz CT molecular complexity index is 1290. The Kier molecular flexibility index (Phi) is 5.01. The summed E-state index contributed by atoms with van der Waals surface area (Å²) in [6, 6.07) is 12.9. The highest BCUT2D eigenvalue weighted by molar-refractivity contribution is 5.58. The third kappa shape index (κ3) is 3.68. The molecule has 2 N–H and O–H groups in total. The lowest BCUT2D eigenvalue weighted by Gasteiger charge is -2.26. The molecule has 1 aromatic carbocycles. The second kappa shape index (κ2) is 7.66. The second-order valence-electron chi connectivity index (χ2n) is 9.83. The predicted octanol–water partition coefficient (Wildman–Crippen LogP) is 3.64. The summed E-state index contributed by atoms with van der Waals surface area (Å²) >= 11 is 0. The van der Waals surface area contributed by atoms with Crippen molar-refractivity contribution in [3.8, 4) is 0 Å². The van der Waals surface area contributed by atoms with Crippen molar-refractivity contribution in [1.29, 1.82) is 0 Å². The van der Waals surface area contributed by atoms with E-state index in [0.717, 1.165) is 36.4 Å². The molecule has 33 heavy (non-hydrogen) atoms. The summed E-state index contributed by atoms with van der Waals surface area (Å²) in [5.41, 5.74) is 3.07. The normalized spacial score (nSPS) is 21.5. The molecule has 3 aromatic heterocycles. The number of aromatic nitrogens is 6. The van der Waals surface area contributed by atoms with Crippen LogP contribution in [0.4, 0.5) is 5.69 Å². The van der Waals surface area contributed by atoms with Gasteiger partial charge in [0.15, 0.2) is 17.3 Å². The zero-order valence-electron chi connectivity index (χ0n) is 19.9. The van der Waals surface area contributed by atoms with E-state index in [1.165, 1.54) is 5.56 Å². The monoisotopic (exact) mass is 445 g/mol. The Morgan fingerprint density at radius 2 is 1.94 bits per heavy atom. The van der Waals surface area contributed by atoms with Gasteiger partial charge in [-0.15, -0.1) is 5.10 Å². The summed E-state index contributed by atoms with van der Waals surface area (Å²) in [6.07, 6.45) is 3.12. The number of aryl methyl sites for hydroxylation is 2. The van der Waals surface area contributed by atoms with E-state index in [4.69, 9.17) is 4.98 Å². The maximum Gasteiger partial charge on any atom is 0.183 e. The van der Waals surface area contributed by atoms with Crippen LogP contribution in [0.25, 0.3) is 5.65 Å². The smallest absolute Gasteiger partial charge is 0.183 e. The maximum atomic E-state index is 11.3. The molecule has 4 aromatic rings. The van der Waals surface area contributed by atoms with Crippen LogP contribution in [0.1, 0.15) is 61.7 Å². The number of hydrogen-bond donors (Lipinski definition) is 2. The number of H-pyrrole nitrogens is 1. The molecule has 1 aliphatic heterocycles. The van der Waals surface area contributed by atoms with Crippen molar-refractivity contribution >= 4 is 11.3 Å². The van der Waals surface area contributed by atoms with Crippen LogP contribution in [0.2, 0.25) is 0 Å². The highest BCUT2D eigenvalue weighted by atomic mass is 16.3. The molecule has 0 amide bonds. The molecule has 3 atom stereocenters. The Balaban J connectivity index is 1.45. The number of rotatable bonds is 5. The lowest BCUT2D eigenvalue weighted by Crippen LogP contribution is -2.30. The lowest BCUT2D eigenvalue weighted by molar-refractivity contribution is 0.0210. The summed E-state index contributed by atoms with van der Waals surface area (Å²) < 4.78 is 1.79. The molecule has 2 unspecified atom stereocenters. The molecule has 1 saturated heterocycles. The van der Waals surface area contributed by atoms with Gasteiger partial charge >= 0.3 is 0 Å². The fourth-order valence-electron chi connectivity index (χ4n) is 4.77. The molecule has 172 valence electrons. The predicted molar refractivity (Wildman–Crippen MR) is 127 cm³/mol. The largest absolute Gasteiger partial charge is 0.381 e. The van der Waals surface area contributed by atoms with E-state index < -0.39 is 5.60 Å². The fraction of sp³-hybridized carbons (Fsp3) is 0.440. The number of fused-ring (bicyclic) bond motifs is 1. The number of aromatic amines is 1. The van der Waals surface area contributed by atoms with Gasteiger partial charge in [-0.25, -0.2) is 14.5 Å². The van der Waals surface area contributed by atoms with Crippen molar-refractivity contribution in [2.75, 3.05) is 18.0 Å². The fourth-order valence-corrected chi connectivity index (χ4v) is 4.77. The third-order valence-electron chi connectivity index (χ3n) is 7.21. The molecule has 1 fully saturated rings. The van der Waals surface area contributed by atoms with Crippen molar-refractivity contribution in [1.82, 2.24) is 29.8 Å². The zero-order chi connectivity index (χ0) is 23.4. The molecule has 8 heteroatoms. The van der Waals surface area contributed by atoms with Gasteiger partial charge in [0.05, 0.1) is 17.8 Å². The zero-order valence-corrected chi connectivity index (χ0v) is 19.9. The quantitative estimate of drug-likeness (QED) is 0.487. The van der Waals surface area contributed by atoms with Gasteiger partial charge in [0.2, 0.25) is 0 Å². The molecular weight excluding hydrogens is 414 g/mol. The van der Waals surface area contributed by atoms with Crippen LogP contribution in [0.15, 0.2) is 42.6 Å². The standard InChI is InChI=1S/C25H31N7O/c1-16-13-20(31-12-11-24(4,15-31)19-9-7-6-8-10-19)14-32-22(16)27-23(30-32)25(5,33)17(2)21-26-18(3)28-29-21/h6-10,13-14,17,33H,11-12,15H2,1-5H3,(H,26,28,29)/t17?,24-,25?/m0/s1. The first-order valence-corrected chi connectivity index (χ1v) is 11.5. The Labute approximate surface area is 193 Å². The molecule has 0 radical (unpaired) electrons. The van der Waals surface area contributed by atoms with Gasteiger partial charge < -0.3 is 10.0 Å². The minimum atomic E-state index is -1.31. The van der Waals surface area contributed by atoms with Gasteiger partial charge in [-0.1, -0.05) is 44.2 Å². The van der Waals surface area contributed by atoms with Crippen molar-refractivity contribution in [3.63, 3.8) is 0 Å². The van der Waals surface area contributed by atoms with Gasteiger partial charge in [0.25, 0.3) is 0 Å². The molecule has 0 spiro atoms. The third-order valence-corrected chi connectivity index (χ3v) is 7.21. The molecule has 1 aliphatic rings. The second-order valence-corrected chi connectivity index (χ2v) is 9.83. The summed E-state index contributed by atoms with van der Waals surface area (Å²) in [6.45, 7) is 11.8. The Hall–Kier alpha value is -3.26. The van der Waals surface area contributed by atoms with E-state index in [-0.39, 0.29) is 11.3 Å². The summed E-state index contributed by atoms with van der Waals surface area (Å²) in [4.78, 5) is 11.5. The van der Waals surface area contributed by atoms with Crippen molar-refractivity contribution < 1.29 is 5.11 Å². The number of hydrogen-bond acceptors (Lipinski definition) is 6. The molecule has 0 bridgehead atoms. The average Bonchev–Trinajstić information content (AvgIpc) is 3.53. The van der Waals surface area contributed by atoms with E-state index in [1.54, 1.807) is 11.4 Å². The van der Waals surface area contributed by atoms with Crippen molar-refractivity contribution in [3.05, 3.63) is 71.2 Å². The maximum absolute atomic E-state index is 11.3. The van der Waals surface area contributed by atoms with Crippen LogP contribution in [0, 0.1) is 13.8 Å². The minimum Gasteiger partial charge on any atom is -0.381 e. The van der Waals surface area contributed by atoms with Crippen molar-refractivity contribution in [2.24, 2.45) is 0 Å². The summed E-state index contributed by atoms with van der Waals surface area (Å²) in [5, 5.41) is 23.1.